The predicted octanol–water partition coefficient (Wildman–Crippen LogP) is 5.36. The van der Waals surface area contributed by atoms with Gasteiger partial charge >= 0.3 is 0 Å². The highest BCUT2D eigenvalue weighted by Gasteiger charge is 2.59. The Morgan fingerprint density at radius 3 is 1.97 bits per heavy atom. The molecule has 2 aliphatic rings. The summed E-state index contributed by atoms with van der Waals surface area (Å²) in [5.41, 5.74) is 1.79. The van der Waals surface area contributed by atoms with Crippen molar-refractivity contribution in [2.45, 2.75) is 51.1 Å². The molecule has 1 saturated heterocycles. The van der Waals surface area contributed by atoms with Gasteiger partial charge in [0.25, 0.3) is 0 Å². The van der Waals surface area contributed by atoms with Crippen LogP contribution < -0.4 is 5.32 Å². The molecule has 0 saturated carbocycles. The molecule has 0 bridgehead atoms. The van der Waals surface area contributed by atoms with E-state index in [-0.39, 0.29) is 35.7 Å². The zero-order valence-electron chi connectivity index (χ0n) is 19.8. The number of thioether (sulfide) groups is 1. The lowest BCUT2D eigenvalue weighted by atomic mass is 9.76. The third-order valence-corrected chi connectivity index (χ3v) is 8.49. The van der Waals surface area contributed by atoms with Crippen molar-refractivity contribution in [1.29, 1.82) is 0 Å². The molecule has 0 radical (unpaired) electrons. The lowest BCUT2D eigenvalue weighted by molar-refractivity contribution is -0.147. The number of carbonyl (C=O) groups excluding carboxylic acids is 3. The SMILES string of the molecule is CC(=O)NC1=NN(C(C)=O)C2(CC(c3ccc(Cl)cc3)N(C(C)=O)C(c3ccc(Cl)cc3)C2C)S1. The number of nitrogens with zero attached hydrogens (tertiary/aromatic N) is 3. The van der Waals surface area contributed by atoms with Crippen LogP contribution in [0.25, 0.3) is 0 Å². The lowest BCUT2D eigenvalue weighted by Gasteiger charge is -2.55. The minimum Gasteiger partial charge on any atom is -0.328 e. The molecule has 2 aromatic carbocycles. The smallest absolute Gasteiger partial charge is 0.240 e. The third kappa shape index (κ3) is 4.79. The van der Waals surface area contributed by atoms with Gasteiger partial charge in [-0.1, -0.05) is 66.2 Å². The summed E-state index contributed by atoms with van der Waals surface area (Å²) in [6.45, 7) is 6.44. The van der Waals surface area contributed by atoms with E-state index in [1.54, 1.807) is 31.2 Å². The number of hydrogen-bond donors (Lipinski definition) is 1. The van der Waals surface area contributed by atoms with E-state index in [1.807, 2.05) is 36.1 Å². The van der Waals surface area contributed by atoms with Gasteiger partial charge in [-0.15, -0.1) is 5.10 Å². The van der Waals surface area contributed by atoms with E-state index in [9.17, 15) is 14.4 Å². The standard InChI is InChI=1S/C25H26Cl2N4O3S/c1-14-23(19-7-11-21(27)12-8-19)30(16(3)33)22(18-5-9-20(26)10-6-18)13-25(14)31(17(4)34)29-24(35-25)28-15(2)32/h5-12,14,22-23H,13H2,1-4H3,(H,28,29,32). The maximum absolute atomic E-state index is 13.2. The first-order chi connectivity index (χ1) is 16.5. The number of carbonyl (C=O) groups is 3. The van der Waals surface area contributed by atoms with E-state index in [0.717, 1.165) is 11.1 Å². The number of amides is 3. The molecule has 0 aliphatic carbocycles. The van der Waals surface area contributed by atoms with Crippen LogP contribution in [0.2, 0.25) is 10.0 Å². The summed E-state index contributed by atoms with van der Waals surface area (Å²) in [6.07, 6.45) is 0.413. The molecular weight excluding hydrogens is 507 g/mol. The maximum atomic E-state index is 13.2. The van der Waals surface area contributed by atoms with Crippen molar-refractivity contribution in [3.8, 4) is 0 Å². The molecular formula is C25H26Cl2N4O3S. The summed E-state index contributed by atoms with van der Waals surface area (Å²) in [7, 11) is 0. The topological polar surface area (TPSA) is 82.1 Å². The Labute approximate surface area is 218 Å². The van der Waals surface area contributed by atoms with Crippen molar-refractivity contribution in [2.24, 2.45) is 11.0 Å². The molecule has 184 valence electrons. The van der Waals surface area contributed by atoms with Crippen LogP contribution in [-0.4, -0.2) is 37.7 Å². The number of amidine groups is 1. The zero-order chi connectivity index (χ0) is 25.5. The number of hydrazone groups is 1. The number of rotatable bonds is 2. The van der Waals surface area contributed by atoms with Gasteiger partial charge < -0.3 is 10.2 Å². The van der Waals surface area contributed by atoms with Crippen molar-refractivity contribution >= 4 is 57.9 Å². The number of halogens is 2. The normalized spacial score (nSPS) is 26.0. The fraction of sp³-hybridized carbons (Fsp3) is 0.360. The number of hydrogen-bond acceptors (Lipinski definition) is 5. The molecule has 4 rings (SSSR count). The second-order valence-electron chi connectivity index (χ2n) is 8.85. The largest absolute Gasteiger partial charge is 0.328 e. The number of benzene rings is 2. The number of piperidine rings is 1. The van der Waals surface area contributed by atoms with Crippen molar-refractivity contribution < 1.29 is 14.4 Å². The van der Waals surface area contributed by atoms with E-state index in [1.165, 1.54) is 30.6 Å². The van der Waals surface area contributed by atoms with Gasteiger partial charge in [0.15, 0.2) is 5.17 Å². The van der Waals surface area contributed by atoms with Gasteiger partial charge in [-0.2, -0.15) is 0 Å². The molecule has 2 aliphatic heterocycles. The molecule has 1 N–H and O–H groups in total. The lowest BCUT2D eigenvalue weighted by Crippen LogP contribution is -2.59. The van der Waals surface area contributed by atoms with Gasteiger partial charge in [-0.05, 0) is 35.4 Å². The number of nitrogens with one attached hydrogen (secondary N) is 1. The van der Waals surface area contributed by atoms with Crippen molar-refractivity contribution in [3.63, 3.8) is 0 Å². The molecule has 35 heavy (non-hydrogen) atoms. The van der Waals surface area contributed by atoms with Crippen molar-refractivity contribution in [2.75, 3.05) is 0 Å². The van der Waals surface area contributed by atoms with E-state index >= 15 is 0 Å². The van der Waals surface area contributed by atoms with E-state index in [2.05, 4.69) is 10.4 Å². The summed E-state index contributed by atoms with van der Waals surface area (Å²) >= 11 is 13.7. The summed E-state index contributed by atoms with van der Waals surface area (Å²) in [5.74, 6) is -0.855. The molecule has 2 heterocycles. The quantitative estimate of drug-likeness (QED) is 0.564. The van der Waals surface area contributed by atoms with Gasteiger partial charge in [-0.25, -0.2) is 5.01 Å². The van der Waals surface area contributed by atoms with Crippen molar-refractivity contribution in [1.82, 2.24) is 15.2 Å². The van der Waals surface area contributed by atoms with Crippen LogP contribution in [0.3, 0.4) is 0 Å². The Kier molecular flexibility index (Phi) is 7.18. The van der Waals surface area contributed by atoms with Crippen LogP contribution in [-0.2, 0) is 14.4 Å². The van der Waals surface area contributed by atoms with Crippen LogP contribution >= 0.6 is 35.0 Å². The van der Waals surface area contributed by atoms with Crippen LogP contribution in [0.15, 0.2) is 53.6 Å². The highest BCUT2D eigenvalue weighted by Crippen LogP contribution is 2.58. The summed E-state index contributed by atoms with van der Waals surface area (Å²) < 4.78 is 0. The maximum Gasteiger partial charge on any atom is 0.240 e. The molecule has 7 nitrogen and oxygen atoms in total. The Morgan fingerprint density at radius 1 is 0.943 bits per heavy atom. The Morgan fingerprint density at radius 2 is 1.49 bits per heavy atom. The minimum atomic E-state index is -0.843. The first-order valence-corrected chi connectivity index (χ1v) is 12.8. The van der Waals surface area contributed by atoms with Gasteiger partial charge in [-0.3, -0.25) is 14.4 Å². The fourth-order valence-electron chi connectivity index (χ4n) is 5.09. The first-order valence-electron chi connectivity index (χ1n) is 11.2. The van der Waals surface area contributed by atoms with E-state index in [0.29, 0.717) is 21.6 Å². The van der Waals surface area contributed by atoms with Crippen LogP contribution in [0.4, 0.5) is 0 Å². The molecule has 0 aromatic heterocycles. The van der Waals surface area contributed by atoms with Crippen LogP contribution in [0.1, 0.15) is 57.3 Å². The summed E-state index contributed by atoms with van der Waals surface area (Å²) in [5, 5.41) is 10.2. The van der Waals surface area contributed by atoms with Crippen molar-refractivity contribution in [3.05, 3.63) is 69.7 Å². The molecule has 1 spiro atoms. The summed E-state index contributed by atoms with van der Waals surface area (Å²) in [4.78, 5) is 38.9. The summed E-state index contributed by atoms with van der Waals surface area (Å²) in [6, 6.07) is 14.0. The van der Waals surface area contributed by atoms with Gasteiger partial charge in [0.1, 0.15) is 4.87 Å². The van der Waals surface area contributed by atoms with Gasteiger partial charge in [0.2, 0.25) is 17.7 Å². The Hall–Kier alpha value is -2.55. The Balaban J connectivity index is 1.90. The molecule has 10 heteroatoms. The van der Waals surface area contributed by atoms with Crippen LogP contribution in [0, 0.1) is 5.92 Å². The average Bonchev–Trinajstić information content (AvgIpc) is 3.14. The van der Waals surface area contributed by atoms with Gasteiger partial charge in [0.05, 0.1) is 12.1 Å². The molecule has 1 fully saturated rings. The third-order valence-electron chi connectivity index (χ3n) is 6.54. The molecule has 3 amide bonds. The molecule has 4 unspecified atom stereocenters. The first kappa shape index (κ1) is 25.5. The Bertz CT molecular complexity index is 1190. The monoisotopic (exact) mass is 532 g/mol. The fourth-order valence-corrected chi connectivity index (χ4v) is 6.81. The highest BCUT2D eigenvalue weighted by atomic mass is 35.5. The van der Waals surface area contributed by atoms with Crippen LogP contribution in [0.5, 0.6) is 0 Å². The zero-order valence-corrected chi connectivity index (χ0v) is 22.1. The molecule has 2 aromatic rings. The minimum absolute atomic E-state index is 0.0908. The highest BCUT2D eigenvalue weighted by molar-refractivity contribution is 8.15. The molecule has 4 atom stereocenters. The number of likely N-dealkylation sites (tertiary alicyclic amines) is 1. The van der Waals surface area contributed by atoms with E-state index < -0.39 is 4.87 Å². The predicted molar refractivity (Wildman–Crippen MR) is 139 cm³/mol. The van der Waals surface area contributed by atoms with Gasteiger partial charge in [0, 0.05) is 43.2 Å². The second-order valence-corrected chi connectivity index (χ2v) is 11.0. The average molecular weight is 533 g/mol. The van der Waals surface area contributed by atoms with E-state index in [4.69, 9.17) is 23.2 Å². The second kappa shape index (κ2) is 9.84.